The fourth-order valence-corrected chi connectivity index (χ4v) is 2.62. The van der Waals surface area contributed by atoms with E-state index in [1.165, 1.54) is 19.2 Å². The third kappa shape index (κ3) is 6.09. The molecule has 0 unspecified atom stereocenters. The Morgan fingerprint density at radius 1 is 1.24 bits per heavy atom. The van der Waals surface area contributed by atoms with Crippen LogP contribution in [-0.2, 0) is 4.79 Å². The number of urea groups is 1. The summed E-state index contributed by atoms with van der Waals surface area (Å²) in [5.74, 6) is -0.546. The number of benzene rings is 1. The minimum atomic E-state index is -2.99. The molecule has 3 amide bonds. The van der Waals surface area contributed by atoms with Crippen LogP contribution in [0, 0.1) is 0 Å². The van der Waals surface area contributed by atoms with E-state index in [0.29, 0.717) is 5.69 Å². The van der Waals surface area contributed by atoms with Crippen LogP contribution >= 0.6 is 0 Å². The molecule has 1 aliphatic rings. The highest BCUT2D eigenvalue weighted by atomic mass is 19.3. The maximum Gasteiger partial charge on any atom is 0.387 e. The zero-order valence-electron chi connectivity index (χ0n) is 13.8. The summed E-state index contributed by atoms with van der Waals surface area (Å²) >= 11 is 0. The largest absolute Gasteiger partial charge is 0.493 e. The Balaban J connectivity index is 1.83. The van der Waals surface area contributed by atoms with Crippen molar-refractivity contribution >= 4 is 17.6 Å². The van der Waals surface area contributed by atoms with E-state index < -0.39 is 18.5 Å². The van der Waals surface area contributed by atoms with E-state index in [-0.39, 0.29) is 24.1 Å². The Morgan fingerprint density at radius 2 is 1.96 bits per heavy atom. The number of ether oxygens (including phenoxy) is 2. The number of halogens is 2. The topological polar surface area (TPSA) is 88.7 Å². The third-order valence-corrected chi connectivity index (χ3v) is 3.78. The molecular formula is C16H21F2N3O4. The van der Waals surface area contributed by atoms with E-state index in [4.69, 9.17) is 4.74 Å². The lowest BCUT2D eigenvalue weighted by Crippen LogP contribution is -2.45. The van der Waals surface area contributed by atoms with Gasteiger partial charge in [0.05, 0.1) is 13.7 Å². The second-order valence-corrected chi connectivity index (χ2v) is 5.60. The summed E-state index contributed by atoms with van der Waals surface area (Å²) in [6.45, 7) is -3.19. The normalized spacial score (nSPS) is 14.2. The average Bonchev–Trinajstić information content (AvgIpc) is 3.05. The maximum absolute atomic E-state index is 12.4. The summed E-state index contributed by atoms with van der Waals surface area (Å²) in [7, 11) is 1.33. The molecule has 0 aliphatic heterocycles. The zero-order chi connectivity index (χ0) is 18.2. The van der Waals surface area contributed by atoms with Crippen molar-refractivity contribution < 1.29 is 27.8 Å². The van der Waals surface area contributed by atoms with Crippen LogP contribution in [0.25, 0.3) is 0 Å². The van der Waals surface area contributed by atoms with Gasteiger partial charge in [-0.3, -0.25) is 10.1 Å². The molecule has 138 valence electrons. The summed E-state index contributed by atoms with van der Waals surface area (Å²) in [6.07, 6.45) is 3.97. The number of nitrogens with one attached hydrogen (secondary N) is 3. The molecule has 25 heavy (non-hydrogen) atoms. The lowest BCUT2D eigenvalue weighted by atomic mass is 10.2. The van der Waals surface area contributed by atoms with E-state index in [2.05, 4.69) is 20.7 Å². The molecule has 1 aliphatic carbocycles. The molecule has 7 nitrogen and oxygen atoms in total. The van der Waals surface area contributed by atoms with Crippen molar-refractivity contribution in [2.75, 3.05) is 19.0 Å². The van der Waals surface area contributed by atoms with Crippen LogP contribution in [0.3, 0.4) is 0 Å². The Bertz CT molecular complexity index is 607. The fraction of sp³-hybridized carbons (Fsp3) is 0.500. The van der Waals surface area contributed by atoms with Gasteiger partial charge in [-0.05, 0) is 25.0 Å². The van der Waals surface area contributed by atoms with Crippen molar-refractivity contribution in [2.24, 2.45) is 0 Å². The smallest absolute Gasteiger partial charge is 0.387 e. The minimum Gasteiger partial charge on any atom is -0.493 e. The number of hydrogen-bond acceptors (Lipinski definition) is 5. The predicted molar refractivity (Wildman–Crippen MR) is 87.0 cm³/mol. The average molecular weight is 357 g/mol. The van der Waals surface area contributed by atoms with Crippen molar-refractivity contribution in [3.05, 3.63) is 18.2 Å². The quantitative estimate of drug-likeness (QED) is 0.698. The minimum absolute atomic E-state index is 0.108. The Morgan fingerprint density at radius 3 is 2.60 bits per heavy atom. The number of amides is 3. The van der Waals surface area contributed by atoms with Gasteiger partial charge < -0.3 is 20.1 Å². The first kappa shape index (κ1) is 18.8. The van der Waals surface area contributed by atoms with Gasteiger partial charge in [0, 0.05) is 17.8 Å². The lowest BCUT2D eigenvalue weighted by molar-refractivity contribution is -0.118. The monoisotopic (exact) mass is 357 g/mol. The lowest BCUT2D eigenvalue weighted by Gasteiger charge is -2.14. The Labute approximate surface area is 144 Å². The van der Waals surface area contributed by atoms with Gasteiger partial charge in [-0.2, -0.15) is 8.78 Å². The van der Waals surface area contributed by atoms with Crippen molar-refractivity contribution in [3.63, 3.8) is 0 Å². The summed E-state index contributed by atoms with van der Waals surface area (Å²) < 4.78 is 34.1. The van der Waals surface area contributed by atoms with E-state index >= 15 is 0 Å². The number of carbonyl (C=O) groups is 2. The van der Waals surface area contributed by atoms with Crippen LogP contribution in [0.1, 0.15) is 25.7 Å². The van der Waals surface area contributed by atoms with Gasteiger partial charge in [-0.25, -0.2) is 4.79 Å². The molecule has 0 heterocycles. The first-order valence-corrected chi connectivity index (χ1v) is 7.95. The second kappa shape index (κ2) is 9.05. The molecule has 0 radical (unpaired) electrons. The molecule has 0 bridgehead atoms. The van der Waals surface area contributed by atoms with E-state index in [1.54, 1.807) is 6.07 Å². The number of imide groups is 1. The van der Waals surface area contributed by atoms with Crippen LogP contribution in [0.5, 0.6) is 11.5 Å². The number of methoxy groups -OCH3 is 1. The molecule has 1 aromatic rings. The number of anilines is 1. The third-order valence-electron chi connectivity index (χ3n) is 3.78. The highest BCUT2D eigenvalue weighted by Gasteiger charge is 2.18. The standard InChI is InChI=1S/C16H21F2N3O4/c1-24-12-7-6-11(8-13(12)25-15(17)18)19-9-14(22)21-16(23)20-10-4-2-3-5-10/h6-8,10,15,19H,2-5,9H2,1H3,(H2,20,21,22,23). The van der Waals surface area contributed by atoms with Gasteiger partial charge >= 0.3 is 12.6 Å². The van der Waals surface area contributed by atoms with Crippen molar-refractivity contribution in [1.29, 1.82) is 0 Å². The molecular weight excluding hydrogens is 336 g/mol. The molecule has 1 saturated carbocycles. The Kier molecular flexibility index (Phi) is 6.79. The molecule has 0 atom stereocenters. The summed E-state index contributed by atoms with van der Waals surface area (Å²) in [6, 6.07) is 3.84. The molecule has 0 aromatic heterocycles. The number of hydrogen-bond donors (Lipinski definition) is 3. The van der Waals surface area contributed by atoms with Crippen LogP contribution in [-0.4, -0.2) is 38.2 Å². The van der Waals surface area contributed by atoms with Crippen LogP contribution < -0.4 is 25.4 Å². The Hall–Kier alpha value is -2.58. The van der Waals surface area contributed by atoms with Gasteiger partial charge in [0.25, 0.3) is 0 Å². The molecule has 0 spiro atoms. The summed E-state index contributed by atoms with van der Waals surface area (Å²) in [4.78, 5) is 23.5. The summed E-state index contributed by atoms with van der Waals surface area (Å²) in [5.41, 5.74) is 0.378. The van der Waals surface area contributed by atoms with Crippen LogP contribution in [0.15, 0.2) is 18.2 Å². The molecule has 2 rings (SSSR count). The molecule has 1 fully saturated rings. The molecule has 1 aromatic carbocycles. The highest BCUT2D eigenvalue weighted by molar-refractivity contribution is 5.96. The maximum atomic E-state index is 12.4. The van der Waals surface area contributed by atoms with E-state index in [0.717, 1.165) is 25.7 Å². The van der Waals surface area contributed by atoms with Gasteiger partial charge in [-0.1, -0.05) is 12.8 Å². The van der Waals surface area contributed by atoms with Crippen molar-refractivity contribution in [3.8, 4) is 11.5 Å². The van der Waals surface area contributed by atoms with E-state index in [9.17, 15) is 18.4 Å². The van der Waals surface area contributed by atoms with Crippen LogP contribution in [0.2, 0.25) is 0 Å². The van der Waals surface area contributed by atoms with Crippen molar-refractivity contribution in [2.45, 2.75) is 38.3 Å². The van der Waals surface area contributed by atoms with Crippen molar-refractivity contribution in [1.82, 2.24) is 10.6 Å². The fourth-order valence-electron chi connectivity index (χ4n) is 2.62. The first-order chi connectivity index (χ1) is 12.0. The predicted octanol–water partition coefficient (Wildman–Crippen LogP) is 2.48. The van der Waals surface area contributed by atoms with E-state index in [1.807, 2.05) is 0 Å². The van der Waals surface area contributed by atoms with Gasteiger partial charge in [-0.15, -0.1) is 0 Å². The number of carbonyl (C=O) groups excluding carboxylic acids is 2. The SMILES string of the molecule is COc1ccc(NCC(=O)NC(=O)NC2CCCC2)cc1OC(F)F. The van der Waals surface area contributed by atoms with Gasteiger partial charge in [0.15, 0.2) is 11.5 Å². The zero-order valence-corrected chi connectivity index (χ0v) is 13.8. The van der Waals surface area contributed by atoms with Gasteiger partial charge in [0.2, 0.25) is 5.91 Å². The molecule has 0 saturated heterocycles. The summed E-state index contributed by atoms with van der Waals surface area (Å²) in [5, 5.41) is 7.69. The first-order valence-electron chi connectivity index (χ1n) is 7.95. The molecule has 9 heteroatoms. The molecule has 3 N–H and O–H groups in total. The van der Waals surface area contributed by atoms with Gasteiger partial charge in [0.1, 0.15) is 0 Å². The number of alkyl halides is 2. The van der Waals surface area contributed by atoms with Crippen LogP contribution in [0.4, 0.5) is 19.3 Å². The second-order valence-electron chi connectivity index (χ2n) is 5.60. The highest BCUT2D eigenvalue weighted by Crippen LogP contribution is 2.31. The number of rotatable bonds is 7.